The third-order valence-corrected chi connectivity index (χ3v) is 2.33. The molecule has 6 heteroatoms. The normalized spacial score (nSPS) is 9.89. The summed E-state index contributed by atoms with van der Waals surface area (Å²) in [4.78, 5) is 11.0. The van der Waals surface area contributed by atoms with Gasteiger partial charge in [-0.25, -0.2) is 0 Å². The van der Waals surface area contributed by atoms with E-state index in [-0.39, 0.29) is 0 Å². The van der Waals surface area contributed by atoms with Gasteiger partial charge in [-0.3, -0.25) is 0 Å². The summed E-state index contributed by atoms with van der Waals surface area (Å²) >= 11 is 0. The average molecular weight is 247 g/mol. The van der Waals surface area contributed by atoms with Crippen LogP contribution in [0, 0.1) is 0 Å². The zero-order valence-corrected chi connectivity index (χ0v) is 10.3. The Hall–Kier alpha value is -2.11. The first-order chi connectivity index (χ1) is 8.71. The zero-order valence-electron chi connectivity index (χ0n) is 10.3. The minimum atomic E-state index is -0.430. The molecule has 0 saturated heterocycles. The van der Waals surface area contributed by atoms with Crippen LogP contribution in [0.3, 0.4) is 0 Å². The number of carbonyl (C=O) groups excluding carboxylic acids is 1. The van der Waals surface area contributed by atoms with E-state index in [0.29, 0.717) is 19.6 Å². The van der Waals surface area contributed by atoms with Gasteiger partial charge in [0.2, 0.25) is 0 Å². The number of methoxy groups -OCH3 is 2. The summed E-state index contributed by atoms with van der Waals surface area (Å²) in [5.74, 6) is 0.257. The van der Waals surface area contributed by atoms with Crippen LogP contribution in [0.5, 0.6) is 5.75 Å². The molecule has 0 radical (unpaired) electrons. The Morgan fingerprint density at radius 3 is 2.83 bits per heavy atom. The molecule has 5 nitrogen and oxygen atoms in total. The van der Waals surface area contributed by atoms with Crippen LogP contribution in [0.4, 0.5) is 0 Å². The van der Waals surface area contributed by atoms with Gasteiger partial charge in [-0.05, 0) is 0 Å². The first kappa shape index (κ1) is 14.0. The molecule has 0 bridgehead atoms. The van der Waals surface area contributed by atoms with Crippen LogP contribution in [0.2, 0.25) is 0 Å². The standard InChI is InChI=1S/C12H14BNO4/c1-17-11-5-3-9(4-6-12(15)18-2)10(7-11)8-14-13-16/h3-7,14H,8H2,1-2H3/b6-4+. The van der Waals surface area contributed by atoms with Crippen molar-refractivity contribution >= 4 is 19.3 Å². The van der Waals surface area contributed by atoms with Gasteiger partial charge >= 0.3 is 105 Å². The Morgan fingerprint density at radius 2 is 2.22 bits per heavy atom. The molecule has 1 rings (SSSR count). The number of benzene rings is 1. The fraction of sp³-hybridized carbons (Fsp3) is 0.250. The fourth-order valence-electron chi connectivity index (χ4n) is 1.40. The summed E-state index contributed by atoms with van der Waals surface area (Å²) in [6, 6.07) is 5.38. The van der Waals surface area contributed by atoms with Crippen molar-refractivity contribution in [2.24, 2.45) is 0 Å². The maximum atomic E-state index is 11.0. The van der Waals surface area contributed by atoms with E-state index >= 15 is 0 Å². The van der Waals surface area contributed by atoms with Crippen molar-refractivity contribution in [3.8, 4) is 5.75 Å². The summed E-state index contributed by atoms with van der Waals surface area (Å²) in [5.41, 5.74) is 1.66. The number of rotatable bonds is 6. The van der Waals surface area contributed by atoms with Gasteiger partial charge in [0.15, 0.2) is 0 Å². The van der Waals surface area contributed by atoms with E-state index in [4.69, 9.17) is 4.74 Å². The molecule has 0 spiro atoms. The molecule has 1 aromatic rings. The zero-order chi connectivity index (χ0) is 13.4. The molecule has 1 aromatic carbocycles. The van der Waals surface area contributed by atoms with Crippen molar-refractivity contribution in [1.82, 2.24) is 5.23 Å². The molecule has 0 unspecified atom stereocenters. The third kappa shape index (κ3) is 4.05. The topological polar surface area (TPSA) is 64.6 Å². The van der Waals surface area contributed by atoms with E-state index in [1.54, 1.807) is 31.4 Å². The Kier molecular flexibility index (Phi) is 5.63. The summed E-state index contributed by atoms with van der Waals surface area (Å²) in [7, 11) is 3.50. The predicted octanol–water partition coefficient (Wildman–Crippen LogP) is 0.936. The Labute approximate surface area is 106 Å². The number of esters is 1. The Balaban J connectivity index is 2.97. The molecule has 0 fully saturated rings. The van der Waals surface area contributed by atoms with E-state index in [2.05, 4.69) is 9.96 Å². The van der Waals surface area contributed by atoms with Crippen molar-refractivity contribution in [2.75, 3.05) is 14.2 Å². The number of ether oxygens (including phenoxy) is 2. The number of hydrogen-bond donors (Lipinski definition) is 1. The number of carbonyl (C=O) groups is 1. The van der Waals surface area contributed by atoms with E-state index in [1.807, 2.05) is 0 Å². The van der Waals surface area contributed by atoms with Gasteiger partial charge in [0.05, 0.1) is 0 Å². The van der Waals surface area contributed by atoms with Crippen molar-refractivity contribution < 1.29 is 19.0 Å². The van der Waals surface area contributed by atoms with Crippen LogP contribution in [-0.2, 0) is 20.8 Å². The first-order valence-electron chi connectivity index (χ1n) is 5.31. The van der Waals surface area contributed by atoms with Gasteiger partial charge in [0.1, 0.15) is 0 Å². The fourth-order valence-corrected chi connectivity index (χ4v) is 1.40. The van der Waals surface area contributed by atoms with Crippen LogP contribution in [-0.4, -0.2) is 27.5 Å². The van der Waals surface area contributed by atoms with Crippen molar-refractivity contribution in [2.45, 2.75) is 6.54 Å². The van der Waals surface area contributed by atoms with Crippen LogP contribution in [0.1, 0.15) is 11.1 Å². The molecule has 0 amide bonds. The second-order valence-corrected chi connectivity index (χ2v) is 3.42. The number of hydrogen-bond acceptors (Lipinski definition) is 4. The van der Waals surface area contributed by atoms with Gasteiger partial charge in [-0.15, -0.1) is 0 Å². The van der Waals surface area contributed by atoms with E-state index < -0.39 is 5.97 Å². The summed E-state index contributed by atoms with van der Waals surface area (Å²) < 4.78 is 19.9. The summed E-state index contributed by atoms with van der Waals surface area (Å²) in [5, 5.41) is 2.57. The molecular weight excluding hydrogens is 233 g/mol. The number of nitrogens with one attached hydrogen (secondary N) is 1. The molecule has 18 heavy (non-hydrogen) atoms. The van der Waals surface area contributed by atoms with Crippen LogP contribution < -0.4 is 9.96 Å². The maximum absolute atomic E-state index is 11.0. The van der Waals surface area contributed by atoms with Crippen molar-refractivity contribution in [3.63, 3.8) is 0 Å². The van der Waals surface area contributed by atoms with Gasteiger partial charge in [0.25, 0.3) is 0 Å². The second kappa shape index (κ2) is 7.27. The first-order valence-corrected chi connectivity index (χ1v) is 5.31. The average Bonchev–Trinajstić information content (AvgIpc) is 2.42. The van der Waals surface area contributed by atoms with Crippen molar-refractivity contribution in [3.05, 3.63) is 35.4 Å². The monoisotopic (exact) mass is 247 g/mol. The summed E-state index contributed by atoms with van der Waals surface area (Å²) in [6.45, 7) is 0.363. The minimum absolute atomic E-state index is 0.363. The van der Waals surface area contributed by atoms with E-state index in [0.717, 1.165) is 11.1 Å². The molecule has 0 aliphatic rings. The van der Waals surface area contributed by atoms with Crippen LogP contribution in [0.15, 0.2) is 24.3 Å². The molecule has 94 valence electrons. The molecule has 0 aliphatic carbocycles. The molecule has 0 aliphatic heterocycles. The molecule has 1 N–H and O–H groups in total. The van der Waals surface area contributed by atoms with Crippen LogP contribution in [0.25, 0.3) is 6.08 Å². The van der Waals surface area contributed by atoms with E-state index in [9.17, 15) is 9.50 Å². The Morgan fingerprint density at radius 1 is 1.44 bits per heavy atom. The van der Waals surface area contributed by atoms with Gasteiger partial charge in [0, 0.05) is 0 Å². The third-order valence-electron chi connectivity index (χ3n) is 2.33. The van der Waals surface area contributed by atoms with Gasteiger partial charge < -0.3 is 0 Å². The van der Waals surface area contributed by atoms with Crippen LogP contribution >= 0.6 is 0 Å². The second-order valence-electron chi connectivity index (χ2n) is 3.42. The van der Waals surface area contributed by atoms with E-state index in [1.165, 1.54) is 13.2 Å². The molecule has 0 saturated carbocycles. The molecular formula is C12H14BNO4. The summed E-state index contributed by atoms with van der Waals surface area (Å²) in [6.07, 6.45) is 2.96. The predicted molar refractivity (Wildman–Crippen MR) is 67.3 cm³/mol. The van der Waals surface area contributed by atoms with Gasteiger partial charge in [-0.2, -0.15) is 0 Å². The van der Waals surface area contributed by atoms with Gasteiger partial charge in [-0.1, -0.05) is 0 Å². The molecule has 0 atom stereocenters. The SMILES string of the molecule is COC(=O)/C=C/c1ccc(OC)cc1CNB=O. The molecule has 0 heterocycles. The van der Waals surface area contributed by atoms with Crippen molar-refractivity contribution in [1.29, 1.82) is 0 Å². The Bertz CT molecular complexity index is 459. The quantitative estimate of drug-likeness (QED) is 0.460. The molecule has 0 aromatic heterocycles.